The molecule has 18 heavy (non-hydrogen) atoms. The van der Waals surface area contributed by atoms with Gasteiger partial charge < -0.3 is 9.64 Å². The number of carbonyl (C=O) groups excluding carboxylic acids is 1. The Bertz CT molecular complexity index is 442. The maximum Gasteiger partial charge on any atom is 0.263 e. The first kappa shape index (κ1) is 11.6. The average Bonchev–Trinajstić information content (AvgIpc) is 3.14. The van der Waals surface area contributed by atoms with Gasteiger partial charge in [-0.3, -0.25) is 4.79 Å². The molecular formula is C15H19NO2. The second kappa shape index (κ2) is 4.30. The lowest BCUT2D eigenvalue weighted by Gasteiger charge is -2.27. The molecule has 0 saturated heterocycles. The van der Waals surface area contributed by atoms with Gasteiger partial charge >= 0.3 is 0 Å². The van der Waals surface area contributed by atoms with Gasteiger partial charge in [-0.1, -0.05) is 18.2 Å². The van der Waals surface area contributed by atoms with Crippen molar-refractivity contribution >= 4 is 5.91 Å². The minimum absolute atomic E-state index is 0.116. The van der Waals surface area contributed by atoms with Gasteiger partial charge in [0.05, 0.1) is 0 Å². The lowest BCUT2D eigenvalue weighted by atomic mass is 10.1. The Balaban J connectivity index is 1.68. The number of likely N-dealkylation sites (N-methyl/N-ethyl adjacent to an activating group) is 1. The number of rotatable bonds is 3. The molecule has 3 rings (SSSR count). The molecule has 0 N–H and O–H groups in total. The third-order valence-corrected chi connectivity index (χ3v) is 4.19. The number of benzene rings is 1. The third-order valence-electron chi connectivity index (χ3n) is 4.19. The smallest absolute Gasteiger partial charge is 0.263 e. The Morgan fingerprint density at radius 1 is 1.39 bits per heavy atom. The van der Waals surface area contributed by atoms with Crippen LogP contribution in [0.25, 0.3) is 0 Å². The normalized spacial score (nSPS) is 23.1. The highest BCUT2D eigenvalue weighted by Crippen LogP contribution is 2.35. The summed E-state index contributed by atoms with van der Waals surface area (Å²) < 4.78 is 5.75. The summed E-state index contributed by atoms with van der Waals surface area (Å²) in [6.07, 6.45) is 2.89. The molecule has 2 unspecified atom stereocenters. The van der Waals surface area contributed by atoms with Crippen molar-refractivity contribution in [3.8, 4) is 5.75 Å². The van der Waals surface area contributed by atoms with Crippen LogP contribution in [0, 0.1) is 5.92 Å². The number of carbonyl (C=O) groups is 1. The van der Waals surface area contributed by atoms with Crippen molar-refractivity contribution < 1.29 is 9.53 Å². The lowest BCUT2D eigenvalue weighted by Crippen LogP contribution is -2.44. The highest BCUT2D eigenvalue weighted by Gasteiger charge is 2.37. The van der Waals surface area contributed by atoms with Gasteiger partial charge in [0.25, 0.3) is 5.91 Å². The molecule has 0 aromatic heterocycles. The molecule has 3 nitrogen and oxygen atoms in total. The maximum absolute atomic E-state index is 12.4. The second-order valence-electron chi connectivity index (χ2n) is 5.45. The number of ether oxygens (including phenoxy) is 1. The van der Waals surface area contributed by atoms with Crippen LogP contribution in [0.3, 0.4) is 0 Å². The van der Waals surface area contributed by atoms with Gasteiger partial charge in [-0.25, -0.2) is 0 Å². The molecule has 1 amide bonds. The van der Waals surface area contributed by atoms with Crippen molar-refractivity contribution in [2.75, 3.05) is 7.05 Å². The van der Waals surface area contributed by atoms with Crippen LogP contribution in [-0.2, 0) is 11.2 Å². The van der Waals surface area contributed by atoms with E-state index in [2.05, 4.69) is 6.92 Å². The molecule has 0 spiro atoms. The van der Waals surface area contributed by atoms with Crippen LogP contribution in [0.1, 0.15) is 25.3 Å². The van der Waals surface area contributed by atoms with E-state index in [1.807, 2.05) is 36.2 Å². The third kappa shape index (κ3) is 1.98. The van der Waals surface area contributed by atoms with Gasteiger partial charge in [-0.15, -0.1) is 0 Å². The standard InChI is InChI=1S/C15H19NO2/c1-10(11-7-8-11)16(2)15(17)14-9-12-5-3-4-6-13(12)18-14/h3-6,10-11,14H,7-9H2,1-2H3. The molecule has 3 heteroatoms. The number of nitrogens with zero attached hydrogens (tertiary/aromatic N) is 1. The molecule has 1 saturated carbocycles. The van der Waals surface area contributed by atoms with Gasteiger partial charge in [0.2, 0.25) is 0 Å². The summed E-state index contributed by atoms with van der Waals surface area (Å²) in [7, 11) is 1.90. The van der Waals surface area contributed by atoms with E-state index in [4.69, 9.17) is 4.74 Å². The van der Waals surface area contributed by atoms with E-state index in [1.54, 1.807) is 0 Å². The molecule has 1 fully saturated rings. The molecule has 96 valence electrons. The molecule has 1 aliphatic carbocycles. The summed E-state index contributed by atoms with van der Waals surface area (Å²) >= 11 is 0. The second-order valence-corrected chi connectivity index (χ2v) is 5.45. The van der Waals surface area contributed by atoms with E-state index < -0.39 is 0 Å². The molecule has 1 aromatic carbocycles. The number of amides is 1. The number of para-hydroxylation sites is 1. The molecule has 0 radical (unpaired) electrons. The van der Waals surface area contributed by atoms with Gasteiger partial charge in [0.15, 0.2) is 6.10 Å². The summed E-state index contributed by atoms with van der Waals surface area (Å²) in [4.78, 5) is 14.3. The Morgan fingerprint density at radius 2 is 2.11 bits per heavy atom. The monoisotopic (exact) mass is 245 g/mol. The highest BCUT2D eigenvalue weighted by atomic mass is 16.5. The first-order chi connectivity index (χ1) is 8.66. The van der Waals surface area contributed by atoms with Crippen molar-refractivity contribution in [3.05, 3.63) is 29.8 Å². The van der Waals surface area contributed by atoms with E-state index in [1.165, 1.54) is 12.8 Å². The van der Waals surface area contributed by atoms with Crippen molar-refractivity contribution in [1.29, 1.82) is 0 Å². The van der Waals surface area contributed by atoms with Crippen LogP contribution < -0.4 is 4.74 Å². The predicted octanol–water partition coefficient (Wildman–Crippen LogP) is 2.25. The fourth-order valence-corrected chi connectivity index (χ4v) is 2.64. The number of hydrogen-bond donors (Lipinski definition) is 0. The Labute approximate surface area is 108 Å². The molecular weight excluding hydrogens is 226 g/mol. The average molecular weight is 245 g/mol. The molecule has 1 aliphatic heterocycles. The van der Waals surface area contributed by atoms with Crippen molar-refractivity contribution in [1.82, 2.24) is 4.90 Å². The minimum Gasteiger partial charge on any atom is -0.480 e. The topological polar surface area (TPSA) is 29.5 Å². The molecule has 0 bridgehead atoms. The summed E-state index contributed by atoms with van der Waals surface area (Å²) in [5.74, 6) is 1.68. The van der Waals surface area contributed by atoms with E-state index in [0.717, 1.165) is 11.3 Å². The molecule has 1 heterocycles. The van der Waals surface area contributed by atoms with Gasteiger partial charge in [0.1, 0.15) is 5.75 Å². The van der Waals surface area contributed by atoms with E-state index >= 15 is 0 Å². The van der Waals surface area contributed by atoms with E-state index in [9.17, 15) is 4.79 Å². The Hall–Kier alpha value is -1.51. The summed E-state index contributed by atoms with van der Waals surface area (Å²) in [6, 6.07) is 8.25. The summed E-state index contributed by atoms with van der Waals surface area (Å²) in [6.45, 7) is 2.14. The fraction of sp³-hybridized carbons (Fsp3) is 0.533. The van der Waals surface area contributed by atoms with Crippen LogP contribution in [0.5, 0.6) is 5.75 Å². The maximum atomic E-state index is 12.4. The summed E-state index contributed by atoms with van der Waals surface area (Å²) in [5, 5.41) is 0. The van der Waals surface area contributed by atoms with Crippen LogP contribution in [0.4, 0.5) is 0 Å². The molecule has 1 aromatic rings. The molecule has 2 aliphatic rings. The van der Waals surface area contributed by atoms with Crippen LogP contribution in [-0.4, -0.2) is 30.0 Å². The zero-order chi connectivity index (χ0) is 12.7. The van der Waals surface area contributed by atoms with Crippen LogP contribution in [0.15, 0.2) is 24.3 Å². The minimum atomic E-state index is -0.325. The summed E-state index contributed by atoms with van der Waals surface area (Å²) in [5.41, 5.74) is 1.14. The van der Waals surface area contributed by atoms with Gasteiger partial charge in [0, 0.05) is 19.5 Å². The van der Waals surface area contributed by atoms with Crippen molar-refractivity contribution in [2.45, 2.75) is 38.3 Å². The fourth-order valence-electron chi connectivity index (χ4n) is 2.64. The largest absolute Gasteiger partial charge is 0.480 e. The SMILES string of the molecule is CC(C1CC1)N(C)C(=O)C1Cc2ccccc2O1. The zero-order valence-corrected chi connectivity index (χ0v) is 10.9. The Morgan fingerprint density at radius 3 is 2.78 bits per heavy atom. The van der Waals surface area contributed by atoms with E-state index in [0.29, 0.717) is 18.4 Å². The van der Waals surface area contributed by atoms with Crippen LogP contribution in [0.2, 0.25) is 0 Å². The Kier molecular flexibility index (Phi) is 2.77. The first-order valence-electron chi connectivity index (χ1n) is 6.68. The predicted molar refractivity (Wildman–Crippen MR) is 69.5 cm³/mol. The number of hydrogen-bond acceptors (Lipinski definition) is 2. The van der Waals surface area contributed by atoms with Gasteiger partial charge in [-0.05, 0) is 37.3 Å². The van der Waals surface area contributed by atoms with Crippen molar-refractivity contribution in [2.24, 2.45) is 5.92 Å². The first-order valence-corrected chi connectivity index (χ1v) is 6.68. The van der Waals surface area contributed by atoms with E-state index in [-0.39, 0.29) is 12.0 Å². The quantitative estimate of drug-likeness (QED) is 0.817. The van der Waals surface area contributed by atoms with Crippen LogP contribution >= 0.6 is 0 Å². The lowest BCUT2D eigenvalue weighted by molar-refractivity contribution is -0.138. The molecule has 2 atom stereocenters. The highest BCUT2D eigenvalue weighted by molar-refractivity contribution is 5.82. The van der Waals surface area contributed by atoms with Crippen molar-refractivity contribution in [3.63, 3.8) is 0 Å². The number of fused-ring (bicyclic) bond motifs is 1. The zero-order valence-electron chi connectivity index (χ0n) is 10.9. The van der Waals surface area contributed by atoms with Gasteiger partial charge in [-0.2, -0.15) is 0 Å².